The zero-order chi connectivity index (χ0) is 25.6. The highest BCUT2D eigenvalue weighted by Crippen LogP contribution is 2.52. The monoisotopic (exact) mass is 516 g/mol. The first-order chi connectivity index (χ1) is 17.9. The van der Waals surface area contributed by atoms with Crippen LogP contribution in [0.4, 0.5) is 0 Å². The molecular formula is C32H37ClN2O2. The normalized spacial score (nSPS) is 31.1. The van der Waals surface area contributed by atoms with Gasteiger partial charge in [0.05, 0.1) is 12.0 Å². The highest BCUT2D eigenvalue weighted by atomic mass is 35.5. The van der Waals surface area contributed by atoms with Crippen molar-refractivity contribution < 1.29 is 9.53 Å². The molecule has 4 aliphatic rings. The van der Waals surface area contributed by atoms with Crippen LogP contribution in [-0.2, 0) is 9.53 Å². The van der Waals surface area contributed by atoms with Crippen molar-refractivity contribution in [3.8, 4) is 0 Å². The van der Waals surface area contributed by atoms with Crippen molar-refractivity contribution in [3.63, 3.8) is 0 Å². The Bertz CT molecular complexity index is 1200. The van der Waals surface area contributed by atoms with Gasteiger partial charge in [-0.05, 0) is 60.4 Å². The Balaban J connectivity index is 1.16. The molecule has 5 atom stereocenters. The van der Waals surface area contributed by atoms with Crippen LogP contribution in [0, 0.1) is 17.3 Å². The van der Waals surface area contributed by atoms with E-state index in [1.54, 1.807) is 0 Å². The fraction of sp³-hybridized carbons (Fsp3) is 0.469. The summed E-state index contributed by atoms with van der Waals surface area (Å²) in [7, 11) is 0. The van der Waals surface area contributed by atoms with Crippen LogP contribution >= 0.6 is 11.6 Å². The van der Waals surface area contributed by atoms with E-state index < -0.39 is 0 Å². The molecule has 0 bridgehead atoms. The third kappa shape index (κ3) is 4.80. The molecule has 0 spiro atoms. The van der Waals surface area contributed by atoms with E-state index in [4.69, 9.17) is 16.3 Å². The average molecular weight is 517 g/mol. The lowest BCUT2D eigenvalue weighted by Gasteiger charge is -2.43. The molecule has 2 aromatic carbocycles. The number of fused-ring (bicyclic) bond motifs is 2. The molecule has 0 N–H and O–H groups in total. The van der Waals surface area contributed by atoms with Crippen molar-refractivity contribution in [2.24, 2.45) is 17.3 Å². The van der Waals surface area contributed by atoms with Gasteiger partial charge in [0.25, 0.3) is 0 Å². The molecule has 2 aromatic rings. The van der Waals surface area contributed by atoms with Crippen LogP contribution in [0.1, 0.15) is 50.3 Å². The third-order valence-electron chi connectivity index (χ3n) is 9.22. The van der Waals surface area contributed by atoms with Gasteiger partial charge in [-0.2, -0.15) is 0 Å². The van der Waals surface area contributed by atoms with Gasteiger partial charge in [0.15, 0.2) is 0 Å². The first-order valence-corrected chi connectivity index (χ1v) is 14.2. The summed E-state index contributed by atoms with van der Waals surface area (Å²) in [5.41, 5.74) is 5.57. The fourth-order valence-corrected chi connectivity index (χ4v) is 7.34. The number of allylic oxidation sites excluding steroid dienone is 3. The van der Waals surface area contributed by atoms with Gasteiger partial charge in [0.2, 0.25) is 0 Å². The van der Waals surface area contributed by atoms with E-state index in [-0.39, 0.29) is 35.4 Å². The standard InChI is InChI=1S/C32H37ClN2O2/c1-22-7-6-14-32(2)20-29-26(19-28(22)32)27(31(36)37-29)21-34-15-17-35(18-16-34)30(23-8-4-3-5-9-23)24-10-12-25(33)13-11-24/h3-5,7-13,19,26-27,29-30H,6,14-18,20-21H2,1-2H3/t26-,27+,29+,30+,32-/m0/s1. The van der Waals surface area contributed by atoms with Crippen LogP contribution in [-0.4, -0.2) is 54.6 Å². The Morgan fingerprint density at radius 1 is 1.03 bits per heavy atom. The molecule has 0 aromatic heterocycles. The van der Waals surface area contributed by atoms with Gasteiger partial charge in [-0.25, -0.2) is 0 Å². The number of carbonyl (C=O) groups excluding carboxylic acids is 1. The van der Waals surface area contributed by atoms with Crippen molar-refractivity contribution in [2.75, 3.05) is 32.7 Å². The minimum absolute atomic E-state index is 0.00138. The average Bonchev–Trinajstić information content (AvgIpc) is 3.19. The van der Waals surface area contributed by atoms with Crippen molar-refractivity contribution in [2.45, 2.75) is 45.3 Å². The Morgan fingerprint density at radius 2 is 1.73 bits per heavy atom. The number of benzene rings is 2. The van der Waals surface area contributed by atoms with Gasteiger partial charge < -0.3 is 4.74 Å². The van der Waals surface area contributed by atoms with Crippen molar-refractivity contribution in [1.29, 1.82) is 0 Å². The van der Waals surface area contributed by atoms with Crippen LogP contribution < -0.4 is 0 Å². The van der Waals surface area contributed by atoms with E-state index in [9.17, 15) is 4.79 Å². The summed E-state index contributed by atoms with van der Waals surface area (Å²) in [6, 6.07) is 19.2. The summed E-state index contributed by atoms with van der Waals surface area (Å²) in [4.78, 5) is 18.1. The molecule has 5 heteroatoms. The van der Waals surface area contributed by atoms with E-state index >= 15 is 0 Å². The largest absolute Gasteiger partial charge is 0.461 e. The van der Waals surface area contributed by atoms with Gasteiger partial charge >= 0.3 is 5.97 Å². The SMILES string of the molecule is CC1=CCC[C@@]2(C)C[C@H]3OC(=O)[C@H](CN4CCN([C@H](c5ccccc5)c5ccc(Cl)cc5)CC4)[C@@H]3C=C12. The lowest BCUT2D eigenvalue weighted by Crippen LogP contribution is -2.50. The molecule has 0 radical (unpaired) electrons. The Morgan fingerprint density at radius 3 is 2.46 bits per heavy atom. The summed E-state index contributed by atoms with van der Waals surface area (Å²) in [6.45, 7) is 9.19. The summed E-state index contributed by atoms with van der Waals surface area (Å²) in [6.07, 6.45) is 8.05. The molecule has 194 valence electrons. The molecule has 6 rings (SSSR count). The minimum Gasteiger partial charge on any atom is -0.461 e. The summed E-state index contributed by atoms with van der Waals surface area (Å²) < 4.78 is 6.00. The molecular weight excluding hydrogens is 480 g/mol. The quantitative estimate of drug-likeness (QED) is 0.438. The molecule has 2 saturated heterocycles. The van der Waals surface area contributed by atoms with E-state index in [1.165, 1.54) is 22.3 Å². The third-order valence-corrected chi connectivity index (χ3v) is 9.48. The fourth-order valence-electron chi connectivity index (χ4n) is 7.21. The van der Waals surface area contributed by atoms with Gasteiger partial charge in [-0.1, -0.05) is 78.7 Å². The maximum atomic E-state index is 13.1. The van der Waals surface area contributed by atoms with Crippen LogP contribution in [0.15, 0.2) is 77.9 Å². The highest BCUT2D eigenvalue weighted by Gasteiger charge is 2.51. The van der Waals surface area contributed by atoms with Gasteiger partial charge in [0.1, 0.15) is 6.10 Å². The molecule has 0 saturated carbocycles. The van der Waals surface area contributed by atoms with Crippen LogP contribution in [0.2, 0.25) is 5.02 Å². The second-order valence-electron chi connectivity index (χ2n) is 11.6. The Hall–Kier alpha value is -2.40. The molecule has 37 heavy (non-hydrogen) atoms. The first-order valence-electron chi connectivity index (χ1n) is 13.8. The number of nitrogens with zero attached hydrogens (tertiary/aromatic N) is 2. The molecule has 2 aliphatic heterocycles. The maximum absolute atomic E-state index is 13.1. The number of hydrogen-bond acceptors (Lipinski definition) is 4. The number of hydrogen-bond donors (Lipinski definition) is 0. The Labute approximate surface area is 225 Å². The number of esters is 1. The van der Waals surface area contributed by atoms with E-state index in [1.807, 2.05) is 12.1 Å². The van der Waals surface area contributed by atoms with Crippen molar-refractivity contribution in [1.82, 2.24) is 9.80 Å². The topological polar surface area (TPSA) is 32.8 Å². The molecule has 2 aliphatic carbocycles. The number of piperazine rings is 1. The second kappa shape index (κ2) is 10.1. The lowest BCUT2D eigenvalue weighted by molar-refractivity contribution is -0.145. The zero-order valence-corrected chi connectivity index (χ0v) is 22.7. The molecule has 0 unspecified atom stereocenters. The molecule has 2 heterocycles. The van der Waals surface area contributed by atoms with Gasteiger partial charge in [-0.3, -0.25) is 14.6 Å². The Kier molecular flexibility index (Phi) is 6.77. The maximum Gasteiger partial charge on any atom is 0.311 e. The van der Waals surface area contributed by atoms with Crippen LogP contribution in [0.5, 0.6) is 0 Å². The zero-order valence-electron chi connectivity index (χ0n) is 21.9. The van der Waals surface area contributed by atoms with Crippen molar-refractivity contribution >= 4 is 17.6 Å². The van der Waals surface area contributed by atoms with Crippen LogP contribution in [0.25, 0.3) is 0 Å². The van der Waals surface area contributed by atoms with Gasteiger partial charge in [0, 0.05) is 43.7 Å². The number of carbonyl (C=O) groups is 1. The number of halogens is 1. The van der Waals surface area contributed by atoms with E-state index in [0.717, 1.165) is 57.0 Å². The van der Waals surface area contributed by atoms with E-state index in [0.29, 0.717) is 0 Å². The van der Waals surface area contributed by atoms with Crippen LogP contribution in [0.3, 0.4) is 0 Å². The van der Waals surface area contributed by atoms with Crippen molar-refractivity contribution in [3.05, 3.63) is 94.0 Å². The number of rotatable bonds is 5. The number of ether oxygens (including phenoxy) is 1. The lowest BCUT2D eigenvalue weighted by atomic mass is 9.62. The molecule has 2 fully saturated rings. The smallest absolute Gasteiger partial charge is 0.311 e. The predicted molar refractivity (Wildman–Crippen MR) is 148 cm³/mol. The first kappa shape index (κ1) is 24.9. The second-order valence-corrected chi connectivity index (χ2v) is 12.1. The molecule has 4 nitrogen and oxygen atoms in total. The summed E-state index contributed by atoms with van der Waals surface area (Å²) >= 11 is 6.20. The summed E-state index contributed by atoms with van der Waals surface area (Å²) in [5, 5.41) is 0.763. The van der Waals surface area contributed by atoms with Gasteiger partial charge in [-0.15, -0.1) is 0 Å². The van der Waals surface area contributed by atoms with E-state index in [2.05, 4.69) is 78.3 Å². The highest BCUT2D eigenvalue weighted by molar-refractivity contribution is 6.30. The molecule has 0 amide bonds. The minimum atomic E-state index is -0.0653. The predicted octanol–water partition coefficient (Wildman–Crippen LogP) is 6.28. The summed E-state index contributed by atoms with van der Waals surface area (Å²) in [5.74, 6) is 0.132.